The van der Waals surface area contributed by atoms with E-state index in [1.54, 1.807) is 48.2 Å². The van der Waals surface area contributed by atoms with Crippen molar-refractivity contribution in [1.82, 2.24) is 0 Å². The molecular weight excluding hydrogens is 378 g/mol. The minimum Gasteiger partial charge on any atom is -0.456 e. The third-order valence-corrected chi connectivity index (χ3v) is 4.66. The molecule has 0 heterocycles. The van der Waals surface area contributed by atoms with Crippen molar-refractivity contribution >= 4 is 40.9 Å². The van der Waals surface area contributed by atoms with Crippen LogP contribution in [0.2, 0.25) is 0 Å². The summed E-state index contributed by atoms with van der Waals surface area (Å²) in [5.41, 5.74) is 1.27. The number of hydrogen-bond donors (Lipinski definition) is 1. The number of rotatable bonds is 9. The monoisotopic (exact) mass is 399 g/mol. The number of thioether (sulfide) groups is 1. The van der Waals surface area contributed by atoms with Gasteiger partial charge in [-0.25, -0.2) is 0 Å². The van der Waals surface area contributed by atoms with Gasteiger partial charge in [0.05, 0.1) is 12.1 Å². The second-order valence-electron chi connectivity index (χ2n) is 5.96. The molecule has 1 N–H and O–H groups in total. The maximum atomic E-state index is 12.1. The second-order valence-corrected chi connectivity index (χ2v) is 6.84. The Morgan fingerprint density at radius 3 is 2.29 bits per heavy atom. The number of anilines is 1. The van der Waals surface area contributed by atoms with Crippen molar-refractivity contribution in [1.29, 1.82) is 0 Å². The van der Waals surface area contributed by atoms with E-state index < -0.39 is 18.5 Å². The van der Waals surface area contributed by atoms with E-state index >= 15 is 0 Å². The van der Waals surface area contributed by atoms with Crippen molar-refractivity contribution in [3.8, 4) is 0 Å². The molecule has 2 aromatic carbocycles. The molecule has 0 atom stereocenters. The molecule has 28 heavy (non-hydrogen) atoms. The highest BCUT2D eigenvalue weighted by Crippen LogP contribution is 2.17. The van der Waals surface area contributed by atoms with Crippen LogP contribution >= 0.6 is 11.8 Å². The lowest BCUT2D eigenvalue weighted by Crippen LogP contribution is -2.22. The molecule has 0 saturated carbocycles. The zero-order valence-corrected chi connectivity index (χ0v) is 16.5. The van der Waals surface area contributed by atoms with Gasteiger partial charge in [-0.05, 0) is 37.4 Å². The normalized spacial score (nSPS) is 10.2. The molecule has 0 aliphatic heterocycles. The summed E-state index contributed by atoms with van der Waals surface area (Å²) in [6.45, 7) is 0.915. The standard InChI is InChI=1S/C21H21NO5S/c1-14(23)17-5-3-4-6-18(17)22-20(25)13-27-21(26)12-11-19(24)15-7-9-16(28-2)10-8-15/h3-10H,11-13H2,1-2H3,(H,22,25). The Labute approximate surface area is 167 Å². The Hall–Kier alpha value is -2.93. The molecule has 1 amide bonds. The number of carbonyl (C=O) groups is 4. The van der Waals surface area contributed by atoms with E-state index in [1.165, 1.54) is 6.92 Å². The number of ether oxygens (including phenoxy) is 1. The van der Waals surface area contributed by atoms with Crippen molar-refractivity contribution in [2.24, 2.45) is 0 Å². The Balaban J connectivity index is 1.78. The summed E-state index contributed by atoms with van der Waals surface area (Å²) < 4.78 is 4.91. The Bertz CT molecular complexity index is 877. The highest BCUT2D eigenvalue weighted by molar-refractivity contribution is 7.98. The number of Topliss-reactive ketones (excluding diaryl/α,β-unsaturated/α-hetero) is 2. The van der Waals surface area contributed by atoms with Gasteiger partial charge in [0, 0.05) is 22.4 Å². The van der Waals surface area contributed by atoms with Crippen molar-refractivity contribution in [3.05, 3.63) is 59.7 Å². The molecule has 0 aliphatic rings. The predicted octanol–water partition coefficient (Wildman–Crippen LogP) is 3.76. The fraction of sp³-hybridized carbons (Fsp3) is 0.238. The minimum absolute atomic E-state index is 0.00619. The van der Waals surface area contributed by atoms with Gasteiger partial charge in [-0.15, -0.1) is 11.8 Å². The molecule has 7 heteroatoms. The van der Waals surface area contributed by atoms with Gasteiger partial charge in [0.2, 0.25) is 0 Å². The van der Waals surface area contributed by atoms with Crippen molar-refractivity contribution in [3.63, 3.8) is 0 Å². The smallest absolute Gasteiger partial charge is 0.306 e. The number of nitrogens with one attached hydrogen (secondary N) is 1. The molecular formula is C21H21NO5S. The predicted molar refractivity (Wildman–Crippen MR) is 108 cm³/mol. The van der Waals surface area contributed by atoms with Crippen LogP contribution in [0, 0.1) is 0 Å². The zero-order valence-electron chi connectivity index (χ0n) is 15.7. The number of amides is 1. The minimum atomic E-state index is -0.635. The highest BCUT2D eigenvalue weighted by Gasteiger charge is 2.14. The number of benzene rings is 2. The average Bonchev–Trinajstić information content (AvgIpc) is 2.70. The van der Waals surface area contributed by atoms with Gasteiger partial charge in [-0.3, -0.25) is 19.2 Å². The Morgan fingerprint density at radius 2 is 1.64 bits per heavy atom. The maximum absolute atomic E-state index is 12.1. The third kappa shape index (κ3) is 6.35. The Kier molecular flexibility index (Phi) is 7.95. The van der Waals surface area contributed by atoms with Crippen molar-refractivity contribution in [2.75, 3.05) is 18.2 Å². The van der Waals surface area contributed by atoms with Crippen LogP contribution in [0.4, 0.5) is 5.69 Å². The van der Waals surface area contributed by atoms with E-state index in [0.717, 1.165) is 4.90 Å². The zero-order chi connectivity index (χ0) is 20.5. The second kappa shape index (κ2) is 10.4. The average molecular weight is 399 g/mol. The molecule has 0 saturated heterocycles. The van der Waals surface area contributed by atoms with Crippen LogP contribution < -0.4 is 5.32 Å². The van der Waals surface area contributed by atoms with Crippen LogP contribution in [0.3, 0.4) is 0 Å². The van der Waals surface area contributed by atoms with Gasteiger partial charge in [0.1, 0.15) is 0 Å². The molecule has 146 valence electrons. The largest absolute Gasteiger partial charge is 0.456 e. The van der Waals surface area contributed by atoms with E-state index in [9.17, 15) is 19.2 Å². The van der Waals surface area contributed by atoms with Gasteiger partial charge in [-0.1, -0.05) is 24.3 Å². The lowest BCUT2D eigenvalue weighted by atomic mass is 10.1. The van der Waals surface area contributed by atoms with Crippen LogP contribution in [0.1, 0.15) is 40.5 Å². The molecule has 2 aromatic rings. The molecule has 0 fully saturated rings. The summed E-state index contributed by atoms with van der Waals surface area (Å²) in [4.78, 5) is 48.4. The van der Waals surface area contributed by atoms with Gasteiger partial charge >= 0.3 is 5.97 Å². The summed E-state index contributed by atoms with van der Waals surface area (Å²) in [5, 5.41) is 2.54. The van der Waals surface area contributed by atoms with Gasteiger partial charge < -0.3 is 10.1 Å². The van der Waals surface area contributed by atoms with Crippen LogP contribution in [0.5, 0.6) is 0 Å². The first-order valence-electron chi connectivity index (χ1n) is 8.63. The first-order valence-corrected chi connectivity index (χ1v) is 9.86. The summed E-state index contributed by atoms with van der Waals surface area (Å²) in [7, 11) is 0. The Morgan fingerprint density at radius 1 is 0.964 bits per heavy atom. The van der Waals surface area contributed by atoms with Crippen molar-refractivity contribution < 1.29 is 23.9 Å². The third-order valence-electron chi connectivity index (χ3n) is 3.91. The fourth-order valence-corrected chi connectivity index (χ4v) is 2.85. The SMILES string of the molecule is CSc1ccc(C(=O)CCC(=O)OCC(=O)Nc2ccccc2C(C)=O)cc1. The molecule has 0 spiro atoms. The fourth-order valence-electron chi connectivity index (χ4n) is 2.44. The first kappa shape index (κ1) is 21.4. The lowest BCUT2D eigenvalue weighted by molar-refractivity contribution is -0.147. The molecule has 0 unspecified atom stereocenters. The first-order chi connectivity index (χ1) is 13.4. The topological polar surface area (TPSA) is 89.5 Å². The molecule has 6 nitrogen and oxygen atoms in total. The summed E-state index contributed by atoms with van der Waals surface area (Å²) in [6, 6.07) is 13.7. The molecule has 0 aromatic heterocycles. The van der Waals surface area contributed by atoms with E-state index in [-0.39, 0.29) is 24.4 Å². The van der Waals surface area contributed by atoms with Crippen molar-refractivity contribution in [2.45, 2.75) is 24.7 Å². The maximum Gasteiger partial charge on any atom is 0.306 e. The van der Waals surface area contributed by atoms with E-state index in [1.807, 2.05) is 18.4 Å². The lowest BCUT2D eigenvalue weighted by Gasteiger charge is -2.09. The van der Waals surface area contributed by atoms with Crippen LogP contribution in [-0.4, -0.2) is 36.3 Å². The molecule has 0 bridgehead atoms. The van der Waals surface area contributed by atoms with E-state index in [4.69, 9.17) is 4.74 Å². The van der Waals surface area contributed by atoms with Crippen LogP contribution in [0.25, 0.3) is 0 Å². The molecule has 2 rings (SSSR count). The number of hydrogen-bond acceptors (Lipinski definition) is 6. The summed E-state index contributed by atoms with van der Waals surface area (Å²) in [6.07, 6.45) is 1.84. The highest BCUT2D eigenvalue weighted by atomic mass is 32.2. The molecule has 0 aliphatic carbocycles. The molecule has 0 radical (unpaired) electrons. The number of esters is 1. The number of para-hydroxylation sites is 1. The number of carbonyl (C=O) groups excluding carboxylic acids is 4. The van der Waals surface area contributed by atoms with Crippen LogP contribution in [0.15, 0.2) is 53.4 Å². The summed E-state index contributed by atoms with van der Waals surface area (Å²) in [5.74, 6) is -1.54. The van der Waals surface area contributed by atoms with Crippen LogP contribution in [-0.2, 0) is 14.3 Å². The van der Waals surface area contributed by atoms with Gasteiger partial charge in [0.15, 0.2) is 18.2 Å². The number of ketones is 2. The quantitative estimate of drug-likeness (QED) is 0.392. The van der Waals surface area contributed by atoms with Gasteiger partial charge in [0.25, 0.3) is 5.91 Å². The summed E-state index contributed by atoms with van der Waals surface area (Å²) >= 11 is 1.58. The van der Waals surface area contributed by atoms with E-state index in [2.05, 4.69) is 5.32 Å². The van der Waals surface area contributed by atoms with Gasteiger partial charge in [-0.2, -0.15) is 0 Å². The van der Waals surface area contributed by atoms with E-state index in [0.29, 0.717) is 16.8 Å².